The third-order valence-electron chi connectivity index (χ3n) is 4.09. The van der Waals surface area contributed by atoms with Crippen molar-refractivity contribution in [2.24, 2.45) is 0 Å². The zero-order chi connectivity index (χ0) is 18.0. The van der Waals surface area contributed by atoms with Gasteiger partial charge in [-0.15, -0.1) is 0 Å². The number of rotatable bonds is 4. The highest BCUT2D eigenvalue weighted by atomic mass is 19.4. The summed E-state index contributed by atoms with van der Waals surface area (Å²) in [7, 11) is 0. The molecule has 5 nitrogen and oxygen atoms in total. The number of amides is 2. The number of hydrogen-bond acceptors (Lipinski definition) is 3. The normalized spacial score (nSPS) is 22.3. The summed E-state index contributed by atoms with van der Waals surface area (Å²) in [5, 5.41) is 12.3. The Balaban J connectivity index is 1.95. The van der Waals surface area contributed by atoms with Crippen molar-refractivity contribution in [2.75, 3.05) is 19.7 Å². The van der Waals surface area contributed by atoms with Crippen LogP contribution in [0.25, 0.3) is 0 Å². The lowest BCUT2D eigenvalue weighted by Crippen LogP contribution is -2.49. The molecule has 0 saturated carbocycles. The Labute approximate surface area is 138 Å². The Kier molecular flexibility index (Phi) is 5.27. The van der Waals surface area contributed by atoms with Crippen LogP contribution in [0.4, 0.5) is 18.0 Å². The molecule has 2 atom stereocenters. The first kappa shape index (κ1) is 18.4. The van der Waals surface area contributed by atoms with E-state index in [4.69, 9.17) is 4.74 Å². The van der Waals surface area contributed by atoms with Crippen molar-refractivity contribution in [2.45, 2.75) is 38.1 Å². The number of carbonyl (C=O) groups excluding carboxylic acids is 1. The summed E-state index contributed by atoms with van der Waals surface area (Å²) in [6.45, 7) is 3.26. The third-order valence-corrected chi connectivity index (χ3v) is 4.09. The van der Waals surface area contributed by atoms with Crippen molar-refractivity contribution >= 4 is 6.03 Å². The minimum absolute atomic E-state index is 0.141. The van der Waals surface area contributed by atoms with E-state index in [0.29, 0.717) is 12.4 Å². The summed E-state index contributed by atoms with van der Waals surface area (Å²) in [4.78, 5) is 13.1. The van der Waals surface area contributed by atoms with Gasteiger partial charge in [0.2, 0.25) is 0 Å². The number of alkyl halides is 3. The fourth-order valence-corrected chi connectivity index (χ4v) is 2.58. The molecular formula is C16H21F3N2O3. The number of halogens is 3. The molecule has 0 unspecified atom stereocenters. The Morgan fingerprint density at radius 2 is 2.04 bits per heavy atom. The van der Waals surface area contributed by atoms with Crippen LogP contribution in [0.2, 0.25) is 0 Å². The molecule has 2 N–H and O–H groups in total. The van der Waals surface area contributed by atoms with Gasteiger partial charge in [0.05, 0.1) is 19.2 Å². The summed E-state index contributed by atoms with van der Waals surface area (Å²) in [6.07, 6.45) is -5.26. The molecule has 2 rings (SSSR count). The van der Waals surface area contributed by atoms with Crippen LogP contribution in [-0.4, -0.2) is 47.5 Å². The molecule has 1 fully saturated rings. The Hall–Kier alpha value is -1.96. The molecular weight excluding hydrogens is 325 g/mol. The molecule has 0 radical (unpaired) electrons. The number of nitrogens with one attached hydrogen (secondary N) is 1. The smallest absolute Gasteiger partial charge is 0.419 e. The molecule has 1 aromatic rings. The predicted octanol–water partition coefficient (Wildman–Crippen LogP) is 2.86. The molecule has 0 spiro atoms. The summed E-state index contributed by atoms with van der Waals surface area (Å²) < 4.78 is 43.7. The zero-order valence-corrected chi connectivity index (χ0v) is 13.6. The third kappa shape index (κ3) is 3.92. The lowest BCUT2D eigenvalue weighted by Gasteiger charge is -2.26. The molecule has 1 aliphatic heterocycles. The topological polar surface area (TPSA) is 61.8 Å². The minimum Gasteiger partial charge on any atom is -0.494 e. The van der Waals surface area contributed by atoms with E-state index in [-0.39, 0.29) is 12.6 Å². The van der Waals surface area contributed by atoms with Crippen LogP contribution in [0.1, 0.15) is 31.9 Å². The van der Waals surface area contributed by atoms with E-state index in [1.54, 1.807) is 31.2 Å². The van der Waals surface area contributed by atoms with E-state index in [1.165, 1.54) is 0 Å². The van der Waals surface area contributed by atoms with E-state index < -0.39 is 30.8 Å². The van der Waals surface area contributed by atoms with Gasteiger partial charge in [0.15, 0.2) is 5.60 Å². The lowest BCUT2D eigenvalue weighted by molar-refractivity contribution is -0.253. The number of hydrogen-bond donors (Lipinski definition) is 2. The maximum Gasteiger partial charge on any atom is 0.419 e. The molecule has 1 saturated heterocycles. The number of carbonyl (C=O) groups is 1. The first-order valence-corrected chi connectivity index (χ1v) is 7.73. The van der Waals surface area contributed by atoms with Crippen LogP contribution in [-0.2, 0) is 0 Å². The Morgan fingerprint density at radius 1 is 1.42 bits per heavy atom. The fraction of sp³-hybridized carbons (Fsp3) is 0.562. The molecule has 0 aliphatic carbocycles. The van der Waals surface area contributed by atoms with Crippen LogP contribution < -0.4 is 10.1 Å². The number of urea groups is 1. The van der Waals surface area contributed by atoms with Gasteiger partial charge in [-0.3, -0.25) is 0 Å². The van der Waals surface area contributed by atoms with E-state index in [2.05, 4.69) is 5.32 Å². The van der Waals surface area contributed by atoms with Crippen molar-refractivity contribution in [3.63, 3.8) is 0 Å². The highest BCUT2D eigenvalue weighted by molar-refractivity contribution is 5.75. The minimum atomic E-state index is -4.75. The van der Waals surface area contributed by atoms with Crippen molar-refractivity contribution in [3.8, 4) is 5.75 Å². The molecule has 0 bridgehead atoms. The molecule has 1 heterocycles. The average Bonchev–Trinajstić information content (AvgIpc) is 2.92. The summed E-state index contributed by atoms with van der Waals surface area (Å²) in [5.74, 6) is 0.703. The standard InChI is InChI=1S/C16H21F3N2O3/c1-3-24-13-6-4-12(5-7-13)11(2)20-14(22)21-9-8-15(23,10-21)16(17,18)19/h4-7,11,23H,3,8-10H2,1-2H3,(H,20,22)/t11-,15+/m0/s1. The van der Waals surface area contributed by atoms with Gasteiger partial charge in [-0.05, 0) is 31.5 Å². The second-order valence-corrected chi connectivity index (χ2v) is 5.87. The SMILES string of the molecule is CCOc1ccc([C@H](C)NC(=O)N2CC[C@](O)(C(F)(F)F)C2)cc1. The van der Waals surface area contributed by atoms with Crippen molar-refractivity contribution in [1.82, 2.24) is 10.2 Å². The average molecular weight is 346 g/mol. The van der Waals surface area contributed by atoms with Crippen LogP contribution in [0, 0.1) is 0 Å². The molecule has 1 aromatic carbocycles. The first-order valence-electron chi connectivity index (χ1n) is 7.73. The second kappa shape index (κ2) is 6.88. The molecule has 8 heteroatoms. The van der Waals surface area contributed by atoms with Gasteiger partial charge < -0.3 is 20.1 Å². The number of benzene rings is 1. The van der Waals surface area contributed by atoms with Gasteiger partial charge in [0.25, 0.3) is 0 Å². The monoisotopic (exact) mass is 346 g/mol. The summed E-state index contributed by atoms with van der Waals surface area (Å²) in [5.41, 5.74) is -2.02. The van der Waals surface area contributed by atoms with Crippen molar-refractivity contribution in [3.05, 3.63) is 29.8 Å². The molecule has 134 valence electrons. The van der Waals surface area contributed by atoms with Gasteiger partial charge >= 0.3 is 12.2 Å². The lowest BCUT2D eigenvalue weighted by atomic mass is 10.0. The molecule has 2 amide bonds. The molecule has 0 aromatic heterocycles. The van der Waals surface area contributed by atoms with E-state index in [9.17, 15) is 23.1 Å². The maximum absolute atomic E-state index is 12.8. The number of ether oxygens (including phenoxy) is 1. The van der Waals surface area contributed by atoms with Crippen LogP contribution in [0.15, 0.2) is 24.3 Å². The summed E-state index contributed by atoms with van der Waals surface area (Å²) >= 11 is 0. The van der Waals surface area contributed by atoms with Crippen LogP contribution in [0.3, 0.4) is 0 Å². The van der Waals surface area contributed by atoms with E-state index >= 15 is 0 Å². The van der Waals surface area contributed by atoms with Crippen LogP contribution >= 0.6 is 0 Å². The molecule has 24 heavy (non-hydrogen) atoms. The molecule has 1 aliphatic rings. The van der Waals surface area contributed by atoms with Gasteiger partial charge in [0.1, 0.15) is 5.75 Å². The van der Waals surface area contributed by atoms with E-state index in [0.717, 1.165) is 10.5 Å². The highest BCUT2D eigenvalue weighted by Crippen LogP contribution is 2.37. The second-order valence-electron chi connectivity index (χ2n) is 5.87. The largest absolute Gasteiger partial charge is 0.494 e. The number of nitrogens with zero attached hydrogens (tertiary/aromatic N) is 1. The van der Waals surface area contributed by atoms with Gasteiger partial charge in [-0.25, -0.2) is 4.79 Å². The van der Waals surface area contributed by atoms with Gasteiger partial charge in [0, 0.05) is 13.0 Å². The maximum atomic E-state index is 12.8. The first-order chi connectivity index (χ1) is 11.2. The van der Waals surface area contributed by atoms with E-state index in [1.807, 2.05) is 6.92 Å². The number of aliphatic hydroxyl groups is 1. The summed E-state index contributed by atoms with van der Waals surface area (Å²) in [6, 6.07) is 6.08. The van der Waals surface area contributed by atoms with Gasteiger partial charge in [-0.2, -0.15) is 13.2 Å². The predicted molar refractivity (Wildman–Crippen MR) is 81.8 cm³/mol. The number of likely N-dealkylation sites (tertiary alicyclic amines) is 1. The van der Waals surface area contributed by atoms with Crippen LogP contribution in [0.5, 0.6) is 5.75 Å². The van der Waals surface area contributed by atoms with Crippen molar-refractivity contribution in [1.29, 1.82) is 0 Å². The quantitative estimate of drug-likeness (QED) is 0.881. The Bertz CT molecular complexity index is 577. The number of β-amino-alcohol motifs (C(OH)–C–C–N with tert-alkyl or cyclic N) is 1. The Morgan fingerprint density at radius 3 is 2.54 bits per heavy atom. The fourth-order valence-electron chi connectivity index (χ4n) is 2.58. The zero-order valence-electron chi connectivity index (χ0n) is 13.6. The highest BCUT2D eigenvalue weighted by Gasteiger charge is 2.57. The van der Waals surface area contributed by atoms with Gasteiger partial charge in [-0.1, -0.05) is 12.1 Å². The van der Waals surface area contributed by atoms with Crippen molar-refractivity contribution < 1.29 is 27.8 Å².